The van der Waals surface area contributed by atoms with Gasteiger partial charge in [-0.15, -0.1) is 0 Å². The van der Waals surface area contributed by atoms with Crippen LogP contribution in [0.5, 0.6) is 0 Å². The van der Waals surface area contributed by atoms with Gasteiger partial charge < -0.3 is 10.6 Å². The normalized spacial score (nSPS) is 42.8. The SMILES string of the molecule is O=C1NC[C@H]2C[C@H]1N2. The van der Waals surface area contributed by atoms with Crippen LogP contribution in [0.3, 0.4) is 0 Å². The fourth-order valence-electron chi connectivity index (χ4n) is 1.22. The van der Waals surface area contributed by atoms with Crippen LogP contribution in [0.25, 0.3) is 0 Å². The van der Waals surface area contributed by atoms with E-state index in [1.165, 1.54) is 0 Å². The zero-order valence-corrected chi connectivity index (χ0v) is 4.48. The second-order valence-electron chi connectivity index (χ2n) is 2.40. The highest BCUT2D eigenvalue weighted by atomic mass is 16.2. The van der Waals surface area contributed by atoms with E-state index in [1.807, 2.05) is 0 Å². The lowest BCUT2D eigenvalue weighted by Gasteiger charge is -2.41. The molecule has 2 N–H and O–H groups in total. The van der Waals surface area contributed by atoms with E-state index in [0.29, 0.717) is 6.04 Å². The fraction of sp³-hybridized carbons (Fsp3) is 0.800. The van der Waals surface area contributed by atoms with Crippen molar-refractivity contribution >= 4 is 5.91 Å². The van der Waals surface area contributed by atoms with Crippen molar-refractivity contribution in [2.75, 3.05) is 6.54 Å². The molecule has 2 bridgehead atoms. The molecule has 3 fully saturated rings. The molecule has 0 spiro atoms. The highest BCUT2D eigenvalue weighted by Gasteiger charge is 2.37. The Bertz CT molecular complexity index is 126. The van der Waals surface area contributed by atoms with Gasteiger partial charge in [0, 0.05) is 12.6 Å². The van der Waals surface area contributed by atoms with Crippen LogP contribution in [0, 0.1) is 0 Å². The lowest BCUT2D eigenvalue weighted by atomic mass is 9.92. The van der Waals surface area contributed by atoms with Gasteiger partial charge in [-0.05, 0) is 6.42 Å². The molecule has 0 aromatic carbocycles. The standard InChI is InChI=1S/C5H8N2O/c8-5-4-1-3(7-4)2-6-5/h3-4,7H,1-2H2,(H,6,8)/t3-,4-/m1/s1. The molecule has 3 heteroatoms. The third kappa shape index (κ3) is 0.395. The molecule has 3 aliphatic rings. The highest BCUT2D eigenvalue weighted by Crippen LogP contribution is 2.14. The monoisotopic (exact) mass is 112 g/mol. The summed E-state index contributed by atoms with van der Waals surface area (Å²) >= 11 is 0. The number of amides is 1. The van der Waals surface area contributed by atoms with Gasteiger partial charge in [-0.3, -0.25) is 4.79 Å². The second-order valence-corrected chi connectivity index (χ2v) is 2.40. The number of nitrogens with one attached hydrogen (secondary N) is 2. The molecule has 3 saturated heterocycles. The van der Waals surface area contributed by atoms with Gasteiger partial charge in [0.1, 0.15) is 0 Å². The lowest BCUT2D eigenvalue weighted by Crippen LogP contribution is -2.68. The van der Waals surface area contributed by atoms with Crippen LogP contribution in [-0.2, 0) is 4.79 Å². The first-order valence-corrected chi connectivity index (χ1v) is 2.90. The van der Waals surface area contributed by atoms with Crippen molar-refractivity contribution in [3.8, 4) is 0 Å². The summed E-state index contributed by atoms with van der Waals surface area (Å²) in [5.41, 5.74) is 0. The molecule has 0 aliphatic carbocycles. The van der Waals surface area contributed by atoms with Crippen LogP contribution < -0.4 is 10.6 Å². The molecule has 3 aliphatic heterocycles. The van der Waals surface area contributed by atoms with Gasteiger partial charge in [-0.2, -0.15) is 0 Å². The number of fused-ring (bicyclic) bond motifs is 2. The van der Waals surface area contributed by atoms with Crippen LogP contribution >= 0.6 is 0 Å². The van der Waals surface area contributed by atoms with E-state index >= 15 is 0 Å². The molecule has 1 amide bonds. The van der Waals surface area contributed by atoms with Crippen molar-refractivity contribution < 1.29 is 4.79 Å². The van der Waals surface area contributed by atoms with E-state index in [-0.39, 0.29) is 11.9 Å². The summed E-state index contributed by atoms with van der Waals surface area (Å²) in [6.07, 6.45) is 1.05. The van der Waals surface area contributed by atoms with Gasteiger partial charge in [-0.1, -0.05) is 0 Å². The van der Waals surface area contributed by atoms with Crippen LogP contribution in [0.4, 0.5) is 0 Å². The average molecular weight is 112 g/mol. The van der Waals surface area contributed by atoms with Gasteiger partial charge in [0.05, 0.1) is 6.04 Å². The summed E-state index contributed by atoms with van der Waals surface area (Å²) in [7, 11) is 0. The first-order valence-electron chi connectivity index (χ1n) is 2.90. The fourth-order valence-corrected chi connectivity index (χ4v) is 1.22. The van der Waals surface area contributed by atoms with Crippen molar-refractivity contribution in [3.63, 3.8) is 0 Å². The maximum Gasteiger partial charge on any atom is 0.237 e. The predicted molar refractivity (Wildman–Crippen MR) is 28.3 cm³/mol. The minimum atomic E-state index is 0.147. The summed E-state index contributed by atoms with van der Waals surface area (Å²) < 4.78 is 0. The summed E-state index contributed by atoms with van der Waals surface area (Å²) in [5.74, 6) is 0.174. The van der Waals surface area contributed by atoms with Gasteiger partial charge in [-0.25, -0.2) is 0 Å². The first kappa shape index (κ1) is 4.32. The van der Waals surface area contributed by atoms with Crippen molar-refractivity contribution in [1.82, 2.24) is 10.6 Å². The molecule has 3 nitrogen and oxygen atoms in total. The third-order valence-corrected chi connectivity index (χ3v) is 1.80. The zero-order valence-electron chi connectivity index (χ0n) is 4.48. The Labute approximate surface area is 47.4 Å². The minimum Gasteiger partial charge on any atom is -0.353 e. The van der Waals surface area contributed by atoms with Crippen LogP contribution in [0.2, 0.25) is 0 Å². The minimum absolute atomic E-state index is 0.147. The maximum absolute atomic E-state index is 10.7. The van der Waals surface area contributed by atoms with Gasteiger partial charge in [0.15, 0.2) is 0 Å². The zero-order chi connectivity index (χ0) is 5.56. The van der Waals surface area contributed by atoms with Gasteiger partial charge in [0.2, 0.25) is 5.91 Å². The number of hydrogen-bond donors (Lipinski definition) is 2. The van der Waals surface area contributed by atoms with E-state index in [2.05, 4.69) is 10.6 Å². The summed E-state index contributed by atoms with van der Waals surface area (Å²) in [5, 5.41) is 5.90. The molecule has 2 atom stereocenters. The van der Waals surface area contributed by atoms with E-state index in [9.17, 15) is 4.79 Å². The molecule has 3 rings (SSSR count). The third-order valence-electron chi connectivity index (χ3n) is 1.80. The van der Waals surface area contributed by atoms with Crippen molar-refractivity contribution in [2.24, 2.45) is 0 Å². The van der Waals surface area contributed by atoms with E-state index in [1.54, 1.807) is 0 Å². The van der Waals surface area contributed by atoms with E-state index in [0.717, 1.165) is 13.0 Å². The van der Waals surface area contributed by atoms with Crippen LogP contribution in [-0.4, -0.2) is 24.5 Å². The summed E-state index contributed by atoms with van der Waals surface area (Å²) in [6.45, 7) is 0.829. The Morgan fingerprint density at radius 1 is 1.62 bits per heavy atom. The predicted octanol–water partition coefficient (Wildman–Crippen LogP) is -1.15. The first-order chi connectivity index (χ1) is 3.86. The van der Waals surface area contributed by atoms with Crippen LogP contribution in [0.1, 0.15) is 6.42 Å². The smallest absolute Gasteiger partial charge is 0.237 e. The Hall–Kier alpha value is -0.570. The van der Waals surface area contributed by atoms with Gasteiger partial charge >= 0.3 is 0 Å². The van der Waals surface area contributed by atoms with Crippen LogP contribution in [0.15, 0.2) is 0 Å². The largest absolute Gasteiger partial charge is 0.353 e. The van der Waals surface area contributed by atoms with Crippen molar-refractivity contribution in [2.45, 2.75) is 18.5 Å². The Kier molecular flexibility index (Phi) is 0.663. The molecule has 0 saturated carbocycles. The molecule has 0 radical (unpaired) electrons. The number of piperidine rings is 1. The summed E-state index contributed by atoms with van der Waals surface area (Å²) in [6, 6.07) is 0.728. The lowest BCUT2D eigenvalue weighted by molar-refractivity contribution is -0.129. The molecule has 3 heterocycles. The topological polar surface area (TPSA) is 41.1 Å². The van der Waals surface area contributed by atoms with Gasteiger partial charge in [0.25, 0.3) is 0 Å². The molecule has 44 valence electrons. The van der Waals surface area contributed by atoms with Crippen molar-refractivity contribution in [1.29, 1.82) is 0 Å². The Balaban J connectivity index is 2.10. The number of hydrogen-bond acceptors (Lipinski definition) is 2. The molecule has 8 heavy (non-hydrogen) atoms. The molecule has 0 unspecified atom stereocenters. The number of carbonyl (C=O) groups is 1. The maximum atomic E-state index is 10.7. The Morgan fingerprint density at radius 2 is 2.38 bits per heavy atom. The second kappa shape index (κ2) is 1.23. The Morgan fingerprint density at radius 3 is 2.62 bits per heavy atom. The molecule has 0 aromatic rings. The number of piperazine rings is 1. The molecular weight excluding hydrogens is 104 g/mol. The average Bonchev–Trinajstić information content (AvgIpc) is 1.62. The number of rotatable bonds is 0. The molecule has 0 aromatic heterocycles. The summed E-state index contributed by atoms with van der Waals surface area (Å²) in [4.78, 5) is 10.7. The highest BCUT2D eigenvalue weighted by molar-refractivity contribution is 5.84. The van der Waals surface area contributed by atoms with E-state index in [4.69, 9.17) is 0 Å². The number of carbonyl (C=O) groups excluding carboxylic acids is 1. The quantitative estimate of drug-likeness (QED) is 0.415. The van der Waals surface area contributed by atoms with E-state index < -0.39 is 0 Å². The van der Waals surface area contributed by atoms with Crippen molar-refractivity contribution in [3.05, 3.63) is 0 Å². The molecular formula is C5H8N2O.